The molecule has 0 unspecified atom stereocenters. The molecule has 22 heavy (non-hydrogen) atoms. The van der Waals surface area contributed by atoms with Gasteiger partial charge in [-0.25, -0.2) is 0 Å². The van der Waals surface area contributed by atoms with Gasteiger partial charge < -0.3 is 14.6 Å². The number of fused-ring (bicyclic) bond motifs is 3. The van der Waals surface area contributed by atoms with E-state index in [9.17, 15) is 5.11 Å². The van der Waals surface area contributed by atoms with Crippen molar-refractivity contribution < 1.29 is 14.6 Å². The molecule has 0 aromatic heterocycles. The summed E-state index contributed by atoms with van der Waals surface area (Å²) < 4.78 is 11.1. The van der Waals surface area contributed by atoms with Crippen LogP contribution in [-0.4, -0.2) is 41.5 Å². The third-order valence-corrected chi connectivity index (χ3v) is 6.15. The average molecular weight is 299 g/mol. The lowest BCUT2D eigenvalue weighted by atomic mass is 9.78. The largest absolute Gasteiger partial charge is 0.454 e. The van der Waals surface area contributed by atoms with Crippen LogP contribution in [-0.2, 0) is 6.42 Å². The van der Waals surface area contributed by atoms with Crippen molar-refractivity contribution >= 4 is 0 Å². The maximum atomic E-state index is 10.5. The van der Waals surface area contributed by atoms with Gasteiger partial charge in [-0.05, 0) is 61.1 Å². The topological polar surface area (TPSA) is 41.9 Å². The Bertz CT molecular complexity index is 671. The Morgan fingerprint density at radius 2 is 2.05 bits per heavy atom. The van der Waals surface area contributed by atoms with Gasteiger partial charge in [-0.1, -0.05) is 6.58 Å². The Morgan fingerprint density at radius 1 is 1.23 bits per heavy atom. The number of nitrogens with zero attached hydrogens (tertiary/aromatic N) is 1. The third kappa shape index (κ3) is 1.49. The highest BCUT2D eigenvalue weighted by Gasteiger charge is 2.56. The minimum absolute atomic E-state index is 0.0649. The zero-order chi connectivity index (χ0) is 14.9. The maximum absolute atomic E-state index is 10.5. The molecule has 3 heterocycles. The van der Waals surface area contributed by atoms with Crippen molar-refractivity contribution in [2.24, 2.45) is 0 Å². The molecule has 3 aliphatic heterocycles. The van der Waals surface area contributed by atoms with Crippen LogP contribution >= 0.6 is 0 Å². The molecule has 1 saturated heterocycles. The van der Waals surface area contributed by atoms with Gasteiger partial charge in [0.1, 0.15) is 0 Å². The highest BCUT2D eigenvalue weighted by molar-refractivity contribution is 5.54. The number of ether oxygens (including phenoxy) is 2. The average Bonchev–Trinajstić information content (AvgIpc) is 3.15. The summed E-state index contributed by atoms with van der Waals surface area (Å²) in [5.41, 5.74) is 3.68. The van der Waals surface area contributed by atoms with Gasteiger partial charge in [0.25, 0.3) is 0 Å². The van der Waals surface area contributed by atoms with E-state index in [0.29, 0.717) is 6.79 Å². The van der Waals surface area contributed by atoms with Crippen LogP contribution < -0.4 is 9.47 Å². The molecular weight excluding hydrogens is 278 g/mol. The second-order valence-corrected chi connectivity index (χ2v) is 7.08. The molecule has 1 saturated carbocycles. The fourth-order valence-corrected chi connectivity index (χ4v) is 5.20. The first kappa shape index (κ1) is 13.0. The van der Waals surface area contributed by atoms with Gasteiger partial charge in [-0.15, -0.1) is 0 Å². The van der Waals surface area contributed by atoms with Crippen LogP contribution in [0.1, 0.15) is 36.3 Å². The first-order chi connectivity index (χ1) is 10.7. The van der Waals surface area contributed by atoms with Crippen molar-refractivity contribution in [2.45, 2.75) is 43.2 Å². The van der Waals surface area contributed by atoms with E-state index in [1.807, 2.05) is 0 Å². The summed E-state index contributed by atoms with van der Waals surface area (Å²) in [5, 5.41) is 10.5. The van der Waals surface area contributed by atoms with Gasteiger partial charge in [0.2, 0.25) is 6.79 Å². The molecule has 1 aliphatic carbocycles. The fourth-order valence-electron chi connectivity index (χ4n) is 5.20. The molecule has 2 fully saturated rings. The standard InChI is InChI=1S/C18H21NO3/c1-11-14(20)9-18-4-2-5-19(18)6-3-12-7-15-16(22-10-21-15)8-13(12)17(11)18/h7-8,14,17,20H,1-6,9-10H2/t14-,17-,18-/m0/s1. The number of benzene rings is 1. The van der Waals surface area contributed by atoms with Gasteiger partial charge in [0.05, 0.1) is 6.10 Å². The second kappa shape index (κ2) is 4.27. The molecule has 1 aromatic rings. The summed E-state index contributed by atoms with van der Waals surface area (Å²) in [7, 11) is 0. The van der Waals surface area contributed by atoms with E-state index in [1.165, 1.54) is 17.5 Å². The first-order valence-electron chi connectivity index (χ1n) is 8.23. The molecule has 4 nitrogen and oxygen atoms in total. The minimum atomic E-state index is -0.387. The number of aliphatic hydroxyl groups excluding tert-OH is 1. The van der Waals surface area contributed by atoms with E-state index in [2.05, 4.69) is 23.6 Å². The summed E-state index contributed by atoms with van der Waals surface area (Å²) in [6.45, 7) is 6.76. The Labute approximate surface area is 130 Å². The van der Waals surface area contributed by atoms with Gasteiger partial charge in [-0.3, -0.25) is 4.90 Å². The molecule has 0 radical (unpaired) electrons. The smallest absolute Gasteiger partial charge is 0.231 e. The highest BCUT2D eigenvalue weighted by Crippen LogP contribution is 2.57. The van der Waals surface area contributed by atoms with Crippen molar-refractivity contribution in [1.82, 2.24) is 4.90 Å². The molecule has 116 valence electrons. The van der Waals surface area contributed by atoms with Crippen molar-refractivity contribution in [3.8, 4) is 11.5 Å². The Hall–Kier alpha value is -1.52. The van der Waals surface area contributed by atoms with Crippen molar-refractivity contribution in [1.29, 1.82) is 0 Å². The van der Waals surface area contributed by atoms with Crippen LogP contribution in [0.2, 0.25) is 0 Å². The van der Waals surface area contributed by atoms with E-state index >= 15 is 0 Å². The lowest BCUT2D eigenvalue weighted by Crippen LogP contribution is -2.45. The monoisotopic (exact) mass is 299 g/mol. The van der Waals surface area contributed by atoms with E-state index in [-0.39, 0.29) is 17.6 Å². The van der Waals surface area contributed by atoms with Crippen molar-refractivity contribution in [3.05, 3.63) is 35.4 Å². The van der Waals surface area contributed by atoms with Crippen molar-refractivity contribution in [3.63, 3.8) is 0 Å². The van der Waals surface area contributed by atoms with Crippen LogP contribution in [0.4, 0.5) is 0 Å². The van der Waals surface area contributed by atoms with Gasteiger partial charge in [0, 0.05) is 18.0 Å². The minimum Gasteiger partial charge on any atom is -0.454 e. The molecule has 1 spiro atoms. The zero-order valence-electron chi connectivity index (χ0n) is 12.7. The van der Waals surface area contributed by atoms with Gasteiger partial charge >= 0.3 is 0 Å². The summed E-state index contributed by atoms with van der Waals surface area (Å²) in [6.07, 6.45) is 3.85. The van der Waals surface area contributed by atoms with E-state index in [0.717, 1.165) is 49.4 Å². The molecule has 0 bridgehead atoms. The van der Waals surface area contributed by atoms with Crippen LogP contribution in [0.3, 0.4) is 0 Å². The molecule has 4 heteroatoms. The lowest BCUT2D eigenvalue weighted by Gasteiger charge is -2.38. The second-order valence-electron chi connectivity index (χ2n) is 7.08. The van der Waals surface area contributed by atoms with E-state index in [4.69, 9.17) is 9.47 Å². The van der Waals surface area contributed by atoms with Crippen LogP contribution in [0.5, 0.6) is 11.5 Å². The number of rotatable bonds is 0. The molecular formula is C18H21NO3. The first-order valence-corrected chi connectivity index (χ1v) is 8.23. The quantitative estimate of drug-likeness (QED) is 0.746. The fraction of sp³-hybridized carbons (Fsp3) is 0.556. The molecule has 3 atom stereocenters. The lowest BCUT2D eigenvalue weighted by molar-refractivity contribution is 0.109. The molecule has 1 aromatic carbocycles. The maximum Gasteiger partial charge on any atom is 0.231 e. The number of aliphatic hydroxyl groups is 1. The molecule has 5 rings (SSSR count). The van der Waals surface area contributed by atoms with Crippen LogP contribution in [0.25, 0.3) is 0 Å². The third-order valence-electron chi connectivity index (χ3n) is 6.15. The SMILES string of the molecule is C=C1[C@@H](O)C[C@]23CCCN2CCc2cc4c(cc2[C@H]13)OCO4. The zero-order valence-corrected chi connectivity index (χ0v) is 12.7. The van der Waals surface area contributed by atoms with E-state index < -0.39 is 0 Å². The van der Waals surface area contributed by atoms with Crippen LogP contribution in [0, 0.1) is 0 Å². The van der Waals surface area contributed by atoms with Gasteiger partial charge in [0.15, 0.2) is 11.5 Å². The van der Waals surface area contributed by atoms with E-state index in [1.54, 1.807) is 0 Å². The summed E-state index contributed by atoms with van der Waals surface area (Å²) >= 11 is 0. The number of hydrogen-bond donors (Lipinski definition) is 1. The highest BCUT2D eigenvalue weighted by atomic mass is 16.7. The summed E-state index contributed by atoms with van der Waals surface area (Å²) in [4.78, 5) is 2.60. The predicted octanol–water partition coefficient (Wildman–Crippen LogP) is 2.21. The predicted molar refractivity (Wildman–Crippen MR) is 82.3 cm³/mol. The Balaban J connectivity index is 1.72. The molecule has 0 amide bonds. The van der Waals surface area contributed by atoms with Gasteiger partial charge in [-0.2, -0.15) is 0 Å². The summed E-state index contributed by atoms with van der Waals surface area (Å²) in [6, 6.07) is 4.29. The Morgan fingerprint density at radius 3 is 2.91 bits per heavy atom. The molecule has 4 aliphatic rings. The molecule has 1 N–H and O–H groups in total. The summed E-state index contributed by atoms with van der Waals surface area (Å²) in [5.74, 6) is 1.92. The normalized spacial score (nSPS) is 36.0. The van der Waals surface area contributed by atoms with Crippen LogP contribution in [0.15, 0.2) is 24.3 Å². The number of hydrogen-bond acceptors (Lipinski definition) is 4. The van der Waals surface area contributed by atoms with Crippen molar-refractivity contribution in [2.75, 3.05) is 19.9 Å². The Kier molecular flexibility index (Phi) is 2.52.